The van der Waals surface area contributed by atoms with Crippen LogP contribution in [0.25, 0.3) is 0 Å². The molecule has 0 aliphatic carbocycles. The van der Waals surface area contributed by atoms with Crippen LogP contribution in [0.3, 0.4) is 0 Å². The number of aromatic hydroxyl groups is 1. The fraction of sp³-hybridized carbons (Fsp3) is 0.240. The van der Waals surface area contributed by atoms with Crippen LogP contribution in [0.1, 0.15) is 22.3 Å². The lowest BCUT2D eigenvalue weighted by molar-refractivity contribution is 0.0342. The van der Waals surface area contributed by atoms with E-state index in [1.807, 2.05) is 48.5 Å². The summed E-state index contributed by atoms with van der Waals surface area (Å²) < 4.78 is 6.04. The molecular formula is C25H24BrClN2O2. The molecule has 1 aliphatic rings. The summed E-state index contributed by atoms with van der Waals surface area (Å²) in [7, 11) is 0. The summed E-state index contributed by atoms with van der Waals surface area (Å²) in [5, 5.41) is 11.2. The Balaban J connectivity index is 1.47. The van der Waals surface area contributed by atoms with Crippen LogP contribution in [0.15, 0.2) is 70.1 Å². The first-order valence-electron chi connectivity index (χ1n) is 10.3. The van der Waals surface area contributed by atoms with E-state index in [0.29, 0.717) is 16.5 Å². The fourth-order valence-electron chi connectivity index (χ4n) is 3.59. The number of phenols is 1. The van der Waals surface area contributed by atoms with E-state index in [-0.39, 0.29) is 5.75 Å². The van der Waals surface area contributed by atoms with Gasteiger partial charge in [0.1, 0.15) is 5.75 Å². The number of hydrogen-bond donors (Lipinski definition) is 1. The molecular weight excluding hydrogens is 476 g/mol. The van der Waals surface area contributed by atoms with Crippen LogP contribution in [-0.4, -0.2) is 42.5 Å². The Bertz CT molecular complexity index is 1060. The van der Waals surface area contributed by atoms with Crippen molar-refractivity contribution in [1.29, 1.82) is 0 Å². The molecule has 0 bridgehead atoms. The number of benzene rings is 3. The maximum atomic E-state index is 10.5. The van der Waals surface area contributed by atoms with Crippen molar-refractivity contribution in [1.82, 2.24) is 4.90 Å². The summed E-state index contributed by atoms with van der Waals surface area (Å²) in [5.74, 6) is 0.176. The number of rotatable bonds is 6. The van der Waals surface area contributed by atoms with Crippen molar-refractivity contribution in [3.8, 4) is 5.75 Å². The molecule has 4 nitrogen and oxygen atoms in total. The topological polar surface area (TPSA) is 45.1 Å². The van der Waals surface area contributed by atoms with E-state index in [1.54, 1.807) is 6.21 Å². The number of aliphatic imine (C=N–C) groups is 1. The lowest BCUT2D eigenvalue weighted by Crippen LogP contribution is -2.35. The summed E-state index contributed by atoms with van der Waals surface area (Å²) >= 11 is 9.76. The normalized spacial score (nSPS) is 14.9. The molecule has 0 atom stereocenters. The molecule has 1 aliphatic heterocycles. The Kier molecular flexibility index (Phi) is 7.41. The third-order valence-corrected chi connectivity index (χ3v) is 6.28. The number of halogens is 2. The predicted octanol–water partition coefficient (Wildman–Crippen LogP) is 5.98. The van der Waals surface area contributed by atoms with Crippen LogP contribution >= 0.6 is 27.5 Å². The molecule has 3 aromatic carbocycles. The minimum absolute atomic E-state index is 0.176. The molecule has 1 saturated heterocycles. The van der Waals surface area contributed by atoms with Gasteiger partial charge in [0, 0.05) is 36.4 Å². The minimum Gasteiger partial charge on any atom is -0.506 e. The van der Waals surface area contributed by atoms with Gasteiger partial charge in [-0.3, -0.25) is 9.89 Å². The molecule has 6 heteroatoms. The van der Waals surface area contributed by atoms with Crippen LogP contribution in [0.4, 0.5) is 5.69 Å². The molecule has 31 heavy (non-hydrogen) atoms. The second-order valence-corrected chi connectivity index (χ2v) is 8.86. The van der Waals surface area contributed by atoms with Gasteiger partial charge in [-0.1, -0.05) is 41.9 Å². The van der Waals surface area contributed by atoms with Gasteiger partial charge in [-0.15, -0.1) is 0 Å². The lowest BCUT2D eigenvalue weighted by atomic mass is 10.0. The van der Waals surface area contributed by atoms with Crippen molar-refractivity contribution >= 4 is 39.4 Å². The molecule has 1 fully saturated rings. The number of nitrogens with zero attached hydrogens (tertiary/aromatic N) is 2. The second-order valence-electron chi connectivity index (χ2n) is 7.60. The second kappa shape index (κ2) is 10.4. The Morgan fingerprint density at radius 3 is 2.52 bits per heavy atom. The molecule has 4 rings (SSSR count). The maximum absolute atomic E-state index is 10.5. The molecule has 0 radical (unpaired) electrons. The zero-order valence-corrected chi connectivity index (χ0v) is 19.4. The molecule has 1 heterocycles. The van der Waals surface area contributed by atoms with Crippen LogP contribution in [0.2, 0.25) is 5.02 Å². The Morgan fingerprint density at radius 2 is 1.77 bits per heavy atom. The van der Waals surface area contributed by atoms with Crippen molar-refractivity contribution < 1.29 is 9.84 Å². The highest BCUT2D eigenvalue weighted by Gasteiger charge is 2.11. The van der Waals surface area contributed by atoms with Crippen molar-refractivity contribution in [2.75, 3.05) is 26.3 Å². The van der Waals surface area contributed by atoms with Gasteiger partial charge >= 0.3 is 0 Å². The molecule has 0 unspecified atom stereocenters. The Hall–Kier alpha value is -2.18. The molecule has 0 aromatic heterocycles. The Morgan fingerprint density at radius 1 is 1.03 bits per heavy atom. The standard InChI is InChI=1S/C25H24BrClN2O2/c26-23-15-19(13-20-3-1-2-4-24(20)27)14-21(25(23)30)16-28-22-7-5-18(6-8-22)17-29-9-11-31-12-10-29/h1-8,14-16,30H,9-13,17H2. The third-order valence-electron chi connectivity index (χ3n) is 5.30. The maximum Gasteiger partial charge on any atom is 0.138 e. The highest BCUT2D eigenvalue weighted by atomic mass is 79.9. The summed E-state index contributed by atoms with van der Waals surface area (Å²) in [4.78, 5) is 6.96. The van der Waals surface area contributed by atoms with Crippen LogP contribution in [0, 0.1) is 0 Å². The summed E-state index contributed by atoms with van der Waals surface area (Å²) in [5.41, 5.74) is 4.85. The van der Waals surface area contributed by atoms with Crippen molar-refractivity contribution in [2.45, 2.75) is 13.0 Å². The van der Waals surface area contributed by atoms with E-state index >= 15 is 0 Å². The average Bonchev–Trinajstić information content (AvgIpc) is 2.78. The Labute approximate surface area is 196 Å². The minimum atomic E-state index is 0.176. The number of hydrogen-bond acceptors (Lipinski definition) is 4. The van der Waals surface area contributed by atoms with Crippen LogP contribution < -0.4 is 0 Å². The van der Waals surface area contributed by atoms with E-state index in [9.17, 15) is 5.11 Å². The first-order valence-corrected chi connectivity index (χ1v) is 11.4. The SMILES string of the molecule is Oc1c(Br)cc(Cc2ccccc2Cl)cc1C=Nc1ccc(CN2CCOCC2)cc1. The van der Waals surface area contributed by atoms with Gasteiger partial charge < -0.3 is 9.84 Å². The smallest absolute Gasteiger partial charge is 0.138 e. The quantitative estimate of drug-likeness (QED) is 0.424. The highest BCUT2D eigenvalue weighted by Crippen LogP contribution is 2.31. The summed E-state index contributed by atoms with van der Waals surface area (Å²) in [6.07, 6.45) is 2.38. The van der Waals surface area contributed by atoms with E-state index in [0.717, 1.165) is 54.7 Å². The van der Waals surface area contributed by atoms with E-state index in [4.69, 9.17) is 16.3 Å². The highest BCUT2D eigenvalue weighted by molar-refractivity contribution is 9.10. The summed E-state index contributed by atoms with van der Waals surface area (Å²) in [6, 6.07) is 19.9. The number of ether oxygens (including phenoxy) is 1. The van der Waals surface area contributed by atoms with Crippen molar-refractivity contribution in [3.63, 3.8) is 0 Å². The van der Waals surface area contributed by atoms with Gasteiger partial charge in [0.25, 0.3) is 0 Å². The number of morpholine rings is 1. The zero-order chi connectivity index (χ0) is 21.6. The van der Waals surface area contributed by atoms with E-state index < -0.39 is 0 Å². The largest absolute Gasteiger partial charge is 0.506 e. The molecule has 3 aromatic rings. The van der Waals surface area contributed by atoms with Gasteiger partial charge in [-0.25, -0.2) is 0 Å². The first-order chi connectivity index (χ1) is 15.1. The monoisotopic (exact) mass is 498 g/mol. The fourth-order valence-corrected chi connectivity index (χ4v) is 4.32. The van der Waals surface area contributed by atoms with Crippen molar-refractivity contribution in [2.24, 2.45) is 4.99 Å². The van der Waals surface area contributed by atoms with Crippen molar-refractivity contribution in [3.05, 3.63) is 92.4 Å². The average molecular weight is 500 g/mol. The third kappa shape index (κ3) is 5.95. The van der Waals surface area contributed by atoms with Gasteiger partial charge in [-0.05, 0) is 69.4 Å². The lowest BCUT2D eigenvalue weighted by Gasteiger charge is -2.26. The molecule has 1 N–H and O–H groups in total. The van der Waals surface area contributed by atoms with E-state index in [1.165, 1.54) is 5.56 Å². The molecule has 0 saturated carbocycles. The van der Waals surface area contributed by atoms with E-state index in [2.05, 4.69) is 38.0 Å². The molecule has 0 spiro atoms. The van der Waals surface area contributed by atoms with Gasteiger partial charge in [-0.2, -0.15) is 0 Å². The molecule has 0 amide bonds. The zero-order valence-electron chi connectivity index (χ0n) is 17.1. The molecule has 160 valence electrons. The van der Waals surface area contributed by atoms with Gasteiger partial charge in [0.15, 0.2) is 0 Å². The van der Waals surface area contributed by atoms with Crippen LogP contribution in [-0.2, 0) is 17.7 Å². The van der Waals surface area contributed by atoms with Crippen LogP contribution in [0.5, 0.6) is 5.75 Å². The number of phenolic OH excluding ortho intramolecular Hbond substituents is 1. The van der Waals surface area contributed by atoms with Gasteiger partial charge in [0.2, 0.25) is 0 Å². The first kappa shape index (κ1) is 22.0. The predicted molar refractivity (Wildman–Crippen MR) is 130 cm³/mol. The summed E-state index contributed by atoms with van der Waals surface area (Å²) in [6.45, 7) is 4.47. The van der Waals surface area contributed by atoms with Gasteiger partial charge in [0.05, 0.1) is 23.4 Å².